The predicted octanol–water partition coefficient (Wildman–Crippen LogP) is 5.59. The van der Waals surface area contributed by atoms with Crippen LogP contribution in [0.2, 0.25) is 0 Å². The van der Waals surface area contributed by atoms with E-state index in [4.69, 9.17) is 4.98 Å². The molecule has 0 spiro atoms. The Bertz CT molecular complexity index is 961. The van der Waals surface area contributed by atoms with E-state index in [0.29, 0.717) is 0 Å². The zero-order chi connectivity index (χ0) is 18.8. The van der Waals surface area contributed by atoms with Crippen molar-refractivity contribution in [2.75, 3.05) is 5.32 Å². The van der Waals surface area contributed by atoms with Crippen molar-refractivity contribution >= 4 is 34.3 Å². The van der Waals surface area contributed by atoms with Gasteiger partial charge in [-0.25, -0.2) is 4.98 Å². The van der Waals surface area contributed by atoms with E-state index in [1.54, 1.807) is 0 Å². The third-order valence-corrected chi connectivity index (χ3v) is 5.64. The van der Waals surface area contributed by atoms with Crippen LogP contribution in [0.1, 0.15) is 29.2 Å². The fraction of sp³-hybridized carbons (Fsp3) is 0.273. The lowest BCUT2D eigenvalue weighted by Crippen LogP contribution is -2.23. The molecule has 0 aliphatic rings. The number of aromatic nitrogens is 1. The van der Waals surface area contributed by atoms with E-state index >= 15 is 0 Å². The number of pyridine rings is 1. The Kier molecular flexibility index (Phi) is 5.33. The second-order valence-corrected chi connectivity index (χ2v) is 8.13. The monoisotopic (exact) mass is 364 g/mol. The molecule has 0 aliphatic carbocycles. The first-order chi connectivity index (χ1) is 12.4. The molecule has 0 unspecified atom stereocenters. The number of rotatable bonds is 4. The van der Waals surface area contributed by atoms with Gasteiger partial charge in [0.2, 0.25) is 5.91 Å². The first-order valence-corrected chi connectivity index (χ1v) is 9.65. The van der Waals surface area contributed by atoms with Crippen LogP contribution in [0.5, 0.6) is 0 Å². The Hall–Kier alpha value is -2.33. The Balaban J connectivity index is 1.81. The summed E-state index contributed by atoms with van der Waals surface area (Å²) < 4.78 is 0. The van der Waals surface area contributed by atoms with Gasteiger partial charge in [0, 0.05) is 11.1 Å². The second-order valence-electron chi connectivity index (χ2n) is 6.76. The third-order valence-electron chi connectivity index (χ3n) is 4.62. The van der Waals surface area contributed by atoms with Gasteiger partial charge in [0.25, 0.3) is 0 Å². The molecule has 0 saturated heterocycles. The highest BCUT2D eigenvalue weighted by atomic mass is 32.2. The normalized spacial score (nSPS) is 12.2. The predicted molar refractivity (Wildman–Crippen MR) is 111 cm³/mol. The van der Waals surface area contributed by atoms with Crippen LogP contribution < -0.4 is 5.32 Å². The zero-order valence-corrected chi connectivity index (χ0v) is 16.7. The molecule has 1 aromatic heterocycles. The topological polar surface area (TPSA) is 42.0 Å². The third kappa shape index (κ3) is 3.75. The van der Waals surface area contributed by atoms with Crippen molar-refractivity contribution in [2.45, 2.75) is 44.9 Å². The minimum atomic E-state index is -0.234. The average molecular weight is 365 g/mol. The van der Waals surface area contributed by atoms with E-state index in [1.807, 2.05) is 39.0 Å². The van der Waals surface area contributed by atoms with Crippen LogP contribution in [0, 0.1) is 27.7 Å². The van der Waals surface area contributed by atoms with Crippen LogP contribution >= 0.6 is 11.8 Å². The lowest BCUT2D eigenvalue weighted by molar-refractivity contribution is -0.115. The molecule has 1 heterocycles. The van der Waals surface area contributed by atoms with Crippen LogP contribution in [0.15, 0.2) is 47.5 Å². The van der Waals surface area contributed by atoms with Crippen molar-refractivity contribution in [3.63, 3.8) is 0 Å². The maximum Gasteiger partial charge on any atom is 0.237 e. The number of benzene rings is 2. The molecule has 0 fully saturated rings. The summed E-state index contributed by atoms with van der Waals surface area (Å²) in [6.45, 7) is 10.1. The standard InChI is InChI=1S/C22H24N2OS/c1-13-8-6-9-14(2)20(13)24-22(25)17(5)26-19-12-16(4)18-11-7-10-15(3)21(18)23-19/h6-12,17H,1-5H3,(H,24,25)/t17-/m0/s1. The number of nitrogens with zero attached hydrogens (tertiary/aromatic N) is 1. The summed E-state index contributed by atoms with van der Waals surface area (Å²) in [6, 6.07) is 14.3. The molecule has 1 N–H and O–H groups in total. The number of hydrogen-bond acceptors (Lipinski definition) is 3. The van der Waals surface area contributed by atoms with E-state index in [2.05, 4.69) is 43.4 Å². The van der Waals surface area contributed by atoms with Crippen LogP contribution in [0.25, 0.3) is 10.9 Å². The molecule has 0 radical (unpaired) electrons. The van der Waals surface area contributed by atoms with Crippen LogP contribution in [-0.2, 0) is 4.79 Å². The summed E-state index contributed by atoms with van der Waals surface area (Å²) in [7, 11) is 0. The Morgan fingerprint density at radius 1 is 0.962 bits per heavy atom. The molecule has 3 nitrogen and oxygen atoms in total. The van der Waals surface area contributed by atoms with E-state index in [9.17, 15) is 4.79 Å². The van der Waals surface area contributed by atoms with Gasteiger partial charge >= 0.3 is 0 Å². The molecule has 26 heavy (non-hydrogen) atoms. The lowest BCUT2D eigenvalue weighted by Gasteiger charge is -2.16. The number of fused-ring (bicyclic) bond motifs is 1. The number of aryl methyl sites for hydroxylation is 4. The van der Waals surface area contributed by atoms with Gasteiger partial charge in [0.1, 0.15) is 0 Å². The lowest BCUT2D eigenvalue weighted by atomic mass is 10.1. The SMILES string of the molecule is Cc1cccc(C)c1NC(=O)[C@H](C)Sc1cc(C)c2cccc(C)c2n1. The second kappa shape index (κ2) is 7.50. The highest BCUT2D eigenvalue weighted by molar-refractivity contribution is 8.00. The molecule has 1 amide bonds. The molecular weight excluding hydrogens is 340 g/mol. The maximum atomic E-state index is 12.7. The van der Waals surface area contributed by atoms with Gasteiger partial charge < -0.3 is 5.32 Å². The van der Waals surface area contributed by atoms with Gasteiger partial charge in [0.05, 0.1) is 15.8 Å². The summed E-state index contributed by atoms with van der Waals surface area (Å²) in [4.78, 5) is 17.5. The quantitative estimate of drug-likeness (QED) is 0.614. The molecule has 0 bridgehead atoms. The molecule has 3 aromatic rings. The average Bonchev–Trinajstić information content (AvgIpc) is 2.59. The number of anilines is 1. The molecular formula is C22H24N2OS. The van der Waals surface area contributed by atoms with Gasteiger partial charge in [-0.2, -0.15) is 0 Å². The molecule has 1 atom stereocenters. The van der Waals surface area contributed by atoms with Gasteiger partial charge in [-0.15, -0.1) is 0 Å². The Labute approximate surface area is 159 Å². The van der Waals surface area contributed by atoms with Crippen molar-refractivity contribution in [3.05, 3.63) is 64.7 Å². The number of carbonyl (C=O) groups is 1. The van der Waals surface area contributed by atoms with Crippen LogP contribution in [0.3, 0.4) is 0 Å². The van der Waals surface area contributed by atoms with Crippen molar-refractivity contribution in [2.24, 2.45) is 0 Å². The van der Waals surface area contributed by atoms with Gasteiger partial charge in [-0.1, -0.05) is 48.2 Å². The van der Waals surface area contributed by atoms with Crippen molar-refractivity contribution in [1.82, 2.24) is 4.98 Å². The molecule has 2 aromatic carbocycles. The fourth-order valence-corrected chi connectivity index (χ4v) is 3.98. The van der Waals surface area contributed by atoms with Crippen LogP contribution in [-0.4, -0.2) is 16.1 Å². The largest absolute Gasteiger partial charge is 0.325 e. The highest BCUT2D eigenvalue weighted by Gasteiger charge is 2.18. The van der Waals surface area contributed by atoms with Gasteiger partial charge in [-0.05, 0) is 62.9 Å². The van der Waals surface area contributed by atoms with Gasteiger partial charge in [-0.3, -0.25) is 4.79 Å². The molecule has 134 valence electrons. The molecule has 3 rings (SSSR count). The number of nitrogens with one attached hydrogen (secondary N) is 1. The number of carbonyl (C=O) groups excluding carboxylic acids is 1. The first-order valence-electron chi connectivity index (χ1n) is 8.77. The molecule has 0 aliphatic heterocycles. The van der Waals surface area contributed by atoms with E-state index in [0.717, 1.165) is 32.9 Å². The summed E-state index contributed by atoms with van der Waals surface area (Å²) in [5.74, 6) is -0.00302. The summed E-state index contributed by atoms with van der Waals surface area (Å²) >= 11 is 1.50. The summed E-state index contributed by atoms with van der Waals surface area (Å²) in [5.41, 5.74) is 6.40. The Morgan fingerprint density at radius 3 is 2.27 bits per heavy atom. The molecule has 0 saturated carbocycles. The number of amides is 1. The van der Waals surface area contributed by atoms with Crippen LogP contribution in [0.4, 0.5) is 5.69 Å². The minimum Gasteiger partial charge on any atom is -0.325 e. The smallest absolute Gasteiger partial charge is 0.237 e. The van der Waals surface area contributed by atoms with E-state index in [-0.39, 0.29) is 11.2 Å². The van der Waals surface area contributed by atoms with Crippen molar-refractivity contribution < 1.29 is 4.79 Å². The molecule has 4 heteroatoms. The van der Waals surface area contributed by atoms with Gasteiger partial charge in [0.15, 0.2) is 0 Å². The van der Waals surface area contributed by atoms with Crippen molar-refractivity contribution in [3.8, 4) is 0 Å². The number of thioether (sulfide) groups is 1. The fourth-order valence-electron chi connectivity index (χ4n) is 3.06. The number of para-hydroxylation sites is 2. The summed E-state index contributed by atoms with van der Waals surface area (Å²) in [6.07, 6.45) is 0. The minimum absolute atomic E-state index is 0.00302. The maximum absolute atomic E-state index is 12.7. The van der Waals surface area contributed by atoms with E-state index < -0.39 is 0 Å². The highest BCUT2D eigenvalue weighted by Crippen LogP contribution is 2.29. The summed E-state index contributed by atoms with van der Waals surface area (Å²) in [5, 5.41) is 4.89. The first kappa shape index (κ1) is 18.5. The van der Waals surface area contributed by atoms with Crippen molar-refractivity contribution in [1.29, 1.82) is 0 Å². The zero-order valence-electron chi connectivity index (χ0n) is 15.9. The Morgan fingerprint density at radius 2 is 1.58 bits per heavy atom. The number of hydrogen-bond donors (Lipinski definition) is 1. The van der Waals surface area contributed by atoms with E-state index in [1.165, 1.54) is 22.7 Å².